The topological polar surface area (TPSA) is 61.8 Å². The Morgan fingerprint density at radius 1 is 1.38 bits per heavy atom. The summed E-state index contributed by atoms with van der Waals surface area (Å²) in [7, 11) is 1.71. The van der Waals surface area contributed by atoms with Crippen LogP contribution >= 0.6 is 0 Å². The first-order valence-corrected chi connectivity index (χ1v) is 9.80. The van der Waals surface area contributed by atoms with Gasteiger partial charge in [0.1, 0.15) is 5.75 Å². The Labute approximate surface area is 156 Å². The highest BCUT2D eigenvalue weighted by atomic mass is 16.5. The molecule has 1 aliphatic carbocycles. The summed E-state index contributed by atoms with van der Waals surface area (Å²) in [4.78, 5) is 13.1. The summed E-state index contributed by atoms with van der Waals surface area (Å²) in [5.41, 5.74) is 1.57. The molecule has 0 unspecified atom stereocenters. The summed E-state index contributed by atoms with van der Waals surface area (Å²) < 4.78 is 5.39. The third-order valence-corrected chi connectivity index (χ3v) is 6.12. The zero-order chi connectivity index (χ0) is 18.6. The molecular formula is C21H32N2O3. The van der Waals surface area contributed by atoms with Gasteiger partial charge in [0, 0.05) is 19.1 Å². The molecule has 2 fully saturated rings. The van der Waals surface area contributed by atoms with E-state index in [0.717, 1.165) is 50.6 Å². The van der Waals surface area contributed by atoms with Gasteiger partial charge in [-0.3, -0.25) is 4.79 Å². The van der Waals surface area contributed by atoms with Crippen molar-refractivity contribution in [2.24, 2.45) is 11.3 Å². The van der Waals surface area contributed by atoms with Crippen LogP contribution in [0.4, 0.5) is 0 Å². The first-order chi connectivity index (χ1) is 12.5. The van der Waals surface area contributed by atoms with E-state index in [1.54, 1.807) is 7.11 Å². The number of methoxy groups -OCH3 is 1. The van der Waals surface area contributed by atoms with Crippen molar-refractivity contribution < 1.29 is 14.6 Å². The highest BCUT2D eigenvalue weighted by Crippen LogP contribution is 2.37. The monoisotopic (exact) mass is 360 g/mol. The molecule has 1 aromatic carbocycles. The van der Waals surface area contributed by atoms with E-state index in [2.05, 4.69) is 35.3 Å². The van der Waals surface area contributed by atoms with Gasteiger partial charge in [0.25, 0.3) is 0 Å². The standard InChI is InChI=1S/C21H32N2O3/c1-16-12-19(16)22-15-21(14-17-4-3-5-18(13-17)26-2)7-10-23(11-8-21)9-6-20(24)25/h3-5,13,16,19,22H,6-12,14-15H2,1-2H3,(H,24,25)/t16-,19-/m1/s1. The largest absolute Gasteiger partial charge is 0.497 e. The Kier molecular flexibility index (Phi) is 6.20. The number of carbonyl (C=O) groups is 1. The van der Waals surface area contributed by atoms with E-state index in [9.17, 15) is 4.79 Å². The Morgan fingerprint density at radius 2 is 2.12 bits per heavy atom. The number of ether oxygens (including phenoxy) is 1. The molecule has 2 aliphatic rings. The molecule has 1 heterocycles. The van der Waals surface area contributed by atoms with Crippen LogP contribution in [0.5, 0.6) is 5.75 Å². The molecule has 3 rings (SSSR count). The van der Waals surface area contributed by atoms with Crippen LogP contribution < -0.4 is 10.1 Å². The van der Waals surface area contributed by atoms with Crippen molar-refractivity contribution >= 4 is 5.97 Å². The second kappa shape index (κ2) is 8.40. The predicted molar refractivity (Wildman–Crippen MR) is 103 cm³/mol. The zero-order valence-electron chi connectivity index (χ0n) is 16.0. The minimum atomic E-state index is -0.706. The van der Waals surface area contributed by atoms with E-state index >= 15 is 0 Å². The maximum atomic E-state index is 10.8. The molecule has 1 aliphatic heterocycles. The van der Waals surface area contributed by atoms with Gasteiger partial charge in [-0.2, -0.15) is 0 Å². The number of likely N-dealkylation sites (tertiary alicyclic amines) is 1. The lowest BCUT2D eigenvalue weighted by Gasteiger charge is -2.42. The van der Waals surface area contributed by atoms with Gasteiger partial charge in [-0.15, -0.1) is 0 Å². The third-order valence-electron chi connectivity index (χ3n) is 6.12. The molecule has 0 bridgehead atoms. The lowest BCUT2D eigenvalue weighted by Crippen LogP contribution is -2.47. The number of piperidine rings is 1. The molecule has 1 saturated carbocycles. The summed E-state index contributed by atoms with van der Waals surface area (Å²) in [5, 5.41) is 12.7. The molecule has 0 spiro atoms. The van der Waals surface area contributed by atoms with E-state index in [1.807, 2.05) is 6.07 Å². The van der Waals surface area contributed by atoms with Crippen molar-refractivity contribution in [1.82, 2.24) is 10.2 Å². The second-order valence-electron chi connectivity index (χ2n) is 8.21. The number of hydrogen-bond acceptors (Lipinski definition) is 4. The molecule has 5 heteroatoms. The molecule has 1 saturated heterocycles. The average Bonchev–Trinajstić information content (AvgIpc) is 3.35. The number of benzene rings is 1. The molecular weight excluding hydrogens is 328 g/mol. The Morgan fingerprint density at radius 3 is 2.73 bits per heavy atom. The number of hydrogen-bond donors (Lipinski definition) is 2. The van der Waals surface area contributed by atoms with Crippen LogP contribution in [0.15, 0.2) is 24.3 Å². The predicted octanol–water partition coefficient (Wildman–Crippen LogP) is 2.79. The minimum Gasteiger partial charge on any atom is -0.497 e. The Hall–Kier alpha value is -1.59. The normalized spacial score (nSPS) is 25.0. The van der Waals surface area contributed by atoms with Gasteiger partial charge in [0.2, 0.25) is 0 Å². The molecule has 2 atom stereocenters. The molecule has 2 N–H and O–H groups in total. The quantitative estimate of drug-likeness (QED) is 0.709. The van der Waals surface area contributed by atoms with Crippen LogP contribution in [-0.4, -0.2) is 55.3 Å². The maximum Gasteiger partial charge on any atom is 0.304 e. The SMILES string of the molecule is COc1cccc(CC2(CN[C@@H]3C[C@H]3C)CCN(CCC(=O)O)CC2)c1. The van der Waals surface area contributed by atoms with Gasteiger partial charge in [0.05, 0.1) is 13.5 Å². The molecule has 5 nitrogen and oxygen atoms in total. The first-order valence-electron chi connectivity index (χ1n) is 9.80. The van der Waals surface area contributed by atoms with Crippen LogP contribution in [-0.2, 0) is 11.2 Å². The van der Waals surface area contributed by atoms with Crippen molar-refractivity contribution in [3.63, 3.8) is 0 Å². The van der Waals surface area contributed by atoms with Crippen LogP contribution in [0.2, 0.25) is 0 Å². The summed E-state index contributed by atoms with van der Waals surface area (Å²) in [5.74, 6) is 1.02. The summed E-state index contributed by atoms with van der Waals surface area (Å²) >= 11 is 0. The van der Waals surface area contributed by atoms with E-state index < -0.39 is 5.97 Å². The number of carboxylic acid groups (broad SMARTS) is 1. The van der Waals surface area contributed by atoms with Gasteiger partial charge in [-0.05, 0) is 67.8 Å². The summed E-state index contributed by atoms with van der Waals surface area (Å²) in [6, 6.07) is 9.09. The number of rotatable bonds is 9. The van der Waals surface area contributed by atoms with Crippen LogP contribution in [0.25, 0.3) is 0 Å². The van der Waals surface area contributed by atoms with E-state index in [1.165, 1.54) is 12.0 Å². The van der Waals surface area contributed by atoms with E-state index in [-0.39, 0.29) is 11.8 Å². The molecule has 26 heavy (non-hydrogen) atoms. The van der Waals surface area contributed by atoms with Crippen LogP contribution in [0.1, 0.15) is 38.2 Å². The van der Waals surface area contributed by atoms with E-state index in [4.69, 9.17) is 9.84 Å². The second-order valence-corrected chi connectivity index (χ2v) is 8.21. The van der Waals surface area contributed by atoms with Crippen molar-refractivity contribution in [3.05, 3.63) is 29.8 Å². The molecule has 1 aromatic rings. The molecule has 144 valence electrons. The third kappa shape index (κ3) is 5.21. The van der Waals surface area contributed by atoms with Gasteiger partial charge >= 0.3 is 5.97 Å². The van der Waals surface area contributed by atoms with Gasteiger partial charge in [-0.25, -0.2) is 0 Å². The van der Waals surface area contributed by atoms with Crippen molar-refractivity contribution in [1.29, 1.82) is 0 Å². The van der Waals surface area contributed by atoms with Gasteiger partial charge in [-0.1, -0.05) is 19.1 Å². The average molecular weight is 360 g/mol. The number of nitrogens with zero attached hydrogens (tertiary/aromatic N) is 1. The van der Waals surface area contributed by atoms with Crippen molar-refractivity contribution in [3.8, 4) is 5.75 Å². The smallest absolute Gasteiger partial charge is 0.304 e. The fourth-order valence-corrected chi connectivity index (χ4v) is 4.09. The Bertz CT molecular complexity index is 611. The van der Waals surface area contributed by atoms with Gasteiger partial charge < -0.3 is 20.1 Å². The van der Waals surface area contributed by atoms with Crippen LogP contribution in [0, 0.1) is 11.3 Å². The highest BCUT2D eigenvalue weighted by molar-refractivity contribution is 5.66. The Balaban J connectivity index is 1.63. The lowest BCUT2D eigenvalue weighted by atomic mass is 9.73. The molecule has 0 amide bonds. The van der Waals surface area contributed by atoms with E-state index in [0.29, 0.717) is 12.6 Å². The van der Waals surface area contributed by atoms with Crippen molar-refractivity contribution in [2.45, 2.75) is 45.1 Å². The lowest BCUT2D eigenvalue weighted by molar-refractivity contribution is -0.137. The summed E-state index contributed by atoms with van der Waals surface area (Å²) in [6.45, 7) is 5.99. The fraction of sp³-hybridized carbons (Fsp3) is 0.667. The highest BCUT2D eigenvalue weighted by Gasteiger charge is 2.38. The first kappa shape index (κ1) is 19.2. The summed E-state index contributed by atoms with van der Waals surface area (Å²) in [6.07, 6.45) is 4.79. The number of nitrogens with one attached hydrogen (secondary N) is 1. The van der Waals surface area contributed by atoms with Gasteiger partial charge in [0.15, 0.2) is 0 Å². The van der Waals surface area contributed by atoms with Crippen molar-refractivity contribution in [2.75, 3.05) is 33.3 Å². The molecule has 0 aromatic heterocycles. The minimum absolute atomic E-state index is 0.237. The number of carboxylic acids is 1. The zero-order valence-corrected chi connectivity index (χ0v) is 16.0. The van der Waals surface area contributed by atoms with Crippen LogP contribution in [0.3, 0.4) is 0 Å². The maximum absolute atomic E-state index is 10.8. The fourth-order valence-electron chi connectivity index (χ4n) is 4.09. The number of aliphatic carboxylic acids is 1. The molecule has 0 radical (unpaired) electrons.